The predicted molar refractivity (Wildman–Crippen MR) is 114 cm³/mol. The lowest BCUT2D eigenvalue weighted by atomic mass is 10.2. The van der Waals surface area contributed by atoms with Gasteiger partial charge in [-0.15, -0.1) is 23.5 Å². The second kappa shape index (κ2) is 8.87. The Labute approximate surface area is 172 Å². The van der Waals surface area contributed by atoms with E-state index < -0.39 is 22.0 Å². The molecule has 3 rings (SSSR count). The van der Waals surface area contributed by atoms with Gasteiger partial charge in [-0.2, -0.15) is 4.72 Å². The van der Waals surface area contributed by atoms with Crippen LogP contribution in [0.3, 0.4) is 0 Å². The lowest BCUT2D eigenvalue weighted by molar-refractivity contribution is -0.117. The standard InChI is InChI=1S/C18H19ClN2O3S3/c1-12(21-27(23,24)16-7-5-14(19)6-8-16)17(22)20-15-4-2-3-13(11-15)18-25-9-10-26-18/h2-8,11-12,18,21H,9-10H2,1H3,(H,20,22)/t12-/m0/s1. The van der Waals surface area contributed by atoms with Crippen LogP contribution in [0, 0.1) is 0 Å². The van der Waals surface area contributed by atoms with Crippen molar-refractivity contribution in [2.45, 2.75) is 22.4 Å². The van der Waals surface area contributed by atoms with Gasteiger partial charge in [0.1, 0.15) is 0 Å². The molecule has 0 spiro atoms. The molecule has 27 heavy (non-hydrogen) atoms. The van der Waals surface area contributed by atoms with Crippen molar-refractivity contribution in [3.8, 4) is 0 Å². The first-order valence-corrected chi connectivity index (χ1v) is 12.2. The molecule has 1 aliphatic rings. The minimum atomic E-state index is -3.81. The van der Waals surface area contributed by atoms with E-state index in [0.29, 0.717) is 15.3 Å². The number of hydrogen-bond donors (Lipinski definition) is 2. The average Bonchev–Trinajstić information content (AvgIpc) is 3.16. The van der Waals surface area contributed by atoms with E-state index in [-0.39, 0.29) is 4.90 Å². The molecule has 0 radical (unpaired) electrons. The van der Waals surface area contributed by atoms with Gasteiger partial charge in [0.25, 0.3) is 0 Å². The van der Waals surface area contributed by atoms with E-state index in [4.69, 9.17) is 11.6 Å². The maximum Gasteiger partial charge on any atom is 0.242 e. The summed E-state index contributed by atoms with van der Waals surface area (Å²) in [5, 5.41) is 3.23. The summed E-state index contributed by atoms with van der Waals surface area (Å²) in [4.78, 5) is 12.5. The second-order valence-corrected chi connectivity index (χ2v) is 10.9. The smallest absolute Gasteiger partial charge is 0.242 e. The molecule has 0 saturated carbocycles. The molecule has 1 aliphatic heterocycles. The van der Waals surface area contributed by atoms with Crippen LogP contribution >= 0.6 is 35.1 Å². The zero-order valence-corrected chi connectivity index (χ0v) is 17.7. The second-order valence-electron chi connectivity index (χ2n) is 5.99. The quantitative estimate of drug-likeness (QED) is 0.703. The number of halogens is 1. The number of amides is 1. The maximum atomic E-state index is 12.4. The summed E-state index contributed by atoms with van der Waals surface area (Å²) in [5.74, 6) is 1.82. The Morgan fingerprint density at radius 3 is 2.48 bits per heavy atom. The largest absolute Gasteiger partial charge is 0.325 e. The summed E-state index contributed by atoms with van der Waals surface area (Å²) < 4.78 is 27.6. The number of hydrogen-bond acceptors (Lipinski definition) is 5. The summed E-state index contributed by atoms with van der Waals surface area (Å²) >= 11 is 9.56. The average molecular weight is 443 g/mol. The number of carbonyl (C=O) groups excluding carboxylic acids is 1. The summed E-state index contributed by atoms with van der Waals surface area (Å²) in [5.41, 5.74) is 1.80. The van der Waals surface area contributed by atoms with E-state index in [1.54, 1.807) is 6.07 Å². The molecule has 2 aromatic rings. The van der Waals surface area contributed by atoms with Gasteiger partial charge < -0.3 is 5.32 Å². The number of rotatable bonds is 6. The minimum absolute atomic E-state index is 0.0591. The van der Waals surface area contributed by atoms with E-state index in [0.717, 1.165) is 17.1 Å². The molecule has 1 saturated heterocycles. The van der Waals surface area contributed by atoms with Crippen LogP contribution in [0.4, 0.5) is 5.69 Å². The highest BCUT2D eigenvalue weighted by atomic mass is 35.5. The van der Waals surface area contributed by atoms with Gasteiger partial charge in [-0.3, -0.25) is 4.79 Å². The molecule has 144 valence electrons. The van der Waals surface area contributed by atoms with Gasteiger partial charge in [-0.25, -0.2) is 8.42 Å². The maximum absolute atomic E-state index is 12.4. The molecular weight excluding hydrogens is 424 g/mol. The molecule has 0 aromatic heterocycles. The van der Waals surface area contributed by atoms with Crippen molar-refractivity contribution in [2.75, 3.05) is 16.8 Å². The van der Waals surface area contributed by atoms with Crippen molar-refractivity contribution in [2.24, 2.45) is 0 Å². The summed E-state index contributed by atoms with van der Waals surface area (Å²) in [6.07, 6.45) is 0. The van der Waals surface area contributed by atoms with Crippen LogP contribution in [0.2, 0.25) is 5.02 Å². The molecule has 9 heteroatoms. The van der Waals surface area contributed by atoms with Crippen molar-refractivity contribution < 1.29 is 13.2 Å². The predicted octanol–water partition coefficient (Wildman–Crippen LogP) is 4.12. The molecule has 0 unspecified atom stereocenters. The van der Waals surface area contributed by atoms with Gasteiger partial charge in [-0.05, 0) is 48.9 Å². The summed E-state index contributed by atoms with van der Waals surface area (Å²) in [7, 11) is -3.81. The van der Waals surface area contributed by atoms with E-state index in [1.165, 1.54) is 31.2 Å². The lowest BCUT2D eigenvalue weighted by Crippen LogP contribution is -2.41. The molecular formula is C18H19ClN2O3S3. The van der Waals surface area contributed by atoms with Crippen molar-refractivity contribution in [1.29, 1.82) is 0 Å². The van der Waals surface area contributed by atoms with E-state index in [9.17, 15) is 13.2 Å². The van der Waals surface area contributed by atoms with Crippen molar-refractivity contribution in [3.05, 3.63) is 59.1 Å². The number of thioether (sulfide) groups is 2. The molecule has 1 fully saturated rings. The fraction of sp³-hybridized carbons (Fsp3) is 0.278. The van der Waals surface area contributed by atoms with E-state index in [1.807, 2.05) is 41.7 Å². The molecule has 5 nitrogen and oxygen atoms in total. The Bertz CT molecular complexity index is 914. The number of carbonyl (C=O) groups is 1. The topological polar surface area (TPSA) is 75.3 Å². The van der Waals surface area contributed by atoms with Crippen LogP contribution < -0.4 is 10.0 Å². The molecule has 1 atom stereocenters. The Kier molecular flexibility index (Phi) is 6.75. The van der Waals surface area contributed by atoms with Crippen molar-refractivity contribution in [3.63, 3.8) is 0 Å². The highest BCUT2D eigenvalue weighted by molar-refractivity contribution is 8.19. The number of sulfonamides is 1. The molecule has 0 bridgehead atoms. The molecule has 1 amide bonds. The fourth-order valence-corrected chi connectivity index (χ4v) is 6.70. The zero-order valence-electron chi connectivity index (χ0n) is 14.5. The minimum Gasteiger partial charge on any atom is -0.325 e. The van der Waals surface area contributed by atoms with Gasteiger partial charge >= 0.3 is 0 Å². The monoisotopic (exact) mass is 442 g/mol. The number of nitrogens with one attached hydrogen (secondary N) is 2. The number of anilines is 1. The number of benzene rings is 2. The van der Waals surface area contributed by atoms with Crippen molar-refractivity contribution >= 4 is 56.7 Å². The van der Waals surface area contributed by atoms with Crippen LogP contribution in [0.5, 0.6) is 0 Å². The normalized spacial score (nSPS) is 16.2. The van der Waals surface area contributed by atoms with Gasteiger partial charge in [0, 0.05) is 22.2 Å². The summed E-state index contributed by atoms with van der Waals surface area (Å²) in [6, 6.07) is 12.5. The van der Waals surface area contributed by atoms with Crippen molar-refractivity contribution in [1.82, 2.24) is 4.72 Å². The van der Waals surface area contributed by atoms with Crippen LogP contribution in [0.25, 0.3) is 0 Å². The Morgan fingerprint density at radius 1 is 1.15 bits per heavy atom. The highest BCUT2D eigenvalue weighted by Crippen LogP contribution is 2.45. The third-order valence-corrected chi connectivity index (χ3v) is 8.81. The van der Waals surface area contributed by atoms with E-state index in [2.05, 4.69) is 10.0 Å². The first kappa shape index (κ1) is 20.5. The van der Waals surface area contributed by atoms with Crippen LogP contribution in [0.15, 0.2) is 53.4 Å². The van der Waals surface area contributed by atoms with Gasteiger partial charge in [0.05, 0.1) is 15.5 Å². The van der Waals surface area contributed by atoms with Crippen LogP contribution in [0.1, 0.15) is 17.1 Å². The first-order valence-electron chi connectivity index (χ1n) is 8.27. The Hall–Kier alpha value is -1.19. The van der Waals surface area contributed by atoms with Crippen LogP contribution in [-0.2, 0) is 14.8 Å². The lowest BCUT2D eigenvalue weighted by Gasteiger charge is -2.16. The highest BCUT2D eigenvalue weighted by Gasteiger charge is 2.23. The molecule has 1 heterocycles. The van der Waals surface area contributed by atoms with Crippen LogP contribution in [-0.4, -0.2) is 31.9 Å². The Morgan fingerprint density at radius 2 is 1.81 bits per heavy atom. The third-order valence-electron chi connectivity index (χ3n) is 3.90. The molecule has 0 aliphatic carbocycles. The Balaban J connectivity index is 1.65. The zero-order chi connectivity index (χ0) is 19.4. The van der Waals surface area contributed by atoms with Gasteiger partial charge in [-0.1, -0.05) is 23.7 Å². The molecule has 2 N–H and O–H groups in total. The molecule has 2 aromatic carbocycles. The van der Waals surface area contributed by atoms with E-state index >= 15 is 0 Å². The first-order chi connectivity index (χ1) is 12.8. The SMILES string of the molecule is C[C@H](NS(=O)(=O)c1ccc(Cl)cc1)C(=O)Nc1cccc(C2SCCS2)c1. The van der Waals surface area contributed by atoms with Gasteiger partial charge in [0.15, 0.2) is 0 Å². The fourth-order valence-electron chi connectivity index (χ4n) is 2.53. The third kappa shape index (κ3) is 5.42. The van der Waals surface area contributed by atoms with Gasteiger partial charge in [0.2, 0.25) is 15.9 Å². The summed E-state index contributed by atoms with van der Waals surface area (Å²) in [6.45, 7) is 1.51.